The van der Waals surface area contributed by atoms with E-state index >= 15 is 0 Å². The van der Waals surface area contributed by atoms with Gasteiger partial charge >= 0.3 is 0 Å². The van der Waals surface area contributed by atoms with E-state index < -0.39 is 0 Å². The fraction of sp³-hybridized carbons (Fsp3) is 0.438. The second kappa shape index (κ2) is 5.93. The highest BCUT2D eigenvalue weighted by molar-refractivity contribution is 7.99. The zero-order chi connectivity index (χ0) is 13.1. The molecule has 0 radical (unpaired) electrons. The van der Waals surface area contributed by atoms with Crippen LogP contribution in [-0.4, -0.2) is 21.6 Å². The van der Waals surface area contributed by atoms with Crippen molar-refractivity contribution in [1.29, 1.82) is 0 Å². The molecular weight excluding hydrogens is 254 g/mol. The lowest BCUT2D eigenvalue weighted by molar-refractivity contribution is 0.141. The highest BCUT2D eigenvalue weighted by Crippen LogP contribution is 2.31. The highest BCUT2D eigenvalue weighted by atomic mass is 32.2. The van der Waals surface area contributed by atoms with Gasteiger partial charge in [-0.1, -0.05) is 18.2 Å². The van der Waals surface area contributed by atoms with E-state index in [4.69, 9.17) is 0 Å². The zero-order valence-corrected chi connectivity index (χ0v) is 11.8. The summed E-state index contributed by atoms with van der Waals surface area (Å²) in [6.45, 7) is 0. The van der Waals surface area contributed by atoms with E-state index in [2.05, 4.69) is 17.1 Å². The third-order valence-electron chi connectivity index (χ3n) is 3.89. The molecule has 1 aromatic carbocycles. The van der Waals surface area contributed by atoms with Crippen LogP contribution in [-0.2, 0) is 0 Å². The summed E-state index contributed by atoms with van der Waals surface area (Å²) >= 11 is 2.03. The second-order valence-electron chi connectivity index (χ2n) is 5.27. The second-order valence-corrected chi connectivity index (χ2v) is 6.49. The minimum Gasteiger partial charge on any atom is -0.388 e. The van der Waals surface area contributed by atoms with Gasteiger partial charge < -0.3 is 5.11 Å². The zero-order valence-electron chi connectivity index (χ0n) is 11.0. The highest BCUT2D eigenvalue weighted by Gasteiger charge is 2.19. The van der Waals surface area contributed by atoms with E-state index in [-0.39, 0.29) is 6.10 Å². The summed E-state index contributed by atoms with van der Waals surface area (Å²) in [7, 11) is 0. The molecule has 0 bridgehead atoms. The molecule has 1 unspecified atom stereocenters. The Kier molecular flexibility index (Phi) is 4.04. The number of rotatable bonds is 3. The van der Waals surface area contributed by atoms with Gasteiger partial charge in [-0.25, -0.2) is 0 Å². The van der Waals surface area contributed by atoms with Gasteiger partial charge in [-0.05, 0) is 54.4 Å². The lowest BCUT2D eigenvalue weighted by Gasteiger charge is -2.23. The molecule has 0 amide bonds. The number of fused-ring (bicyclic) bond motifs is 1. The van der Waals surface area contributed by atoms with Crippen molar-refractivity contribution in [2.45, 2.75) is 25.4 Å². The van der Waals surface area contributed by atoms with Crippen molar-refractivity contribution in [2.75, 3.05) is 11.5 Å². The summed E-state index contributed by atoms with van der Waals surface area (Å²) in [6, 6.07) is 10.1. The van der Waals surface area contributed by atoms with Crippen molar-refractivity contribution in [1.82, 2.24) is 4.98 Å². The number of hydrogen-bond donors (Lipinski definition) is 1. The molecule has 1 atom stereocenters. The number of aliphatic hydroxyl groups is 1. The van der Waals surface area contributed by atoms with Gasteiger partial charge in [0.15, 0.2) is 0 Å². The van der Waals surface area contributed by atoms with Crippen LogP contribution in [0.2, 0.25) is 0 Å². The maximum Gasteiger partial charge on any atom is 0.0807 e. The molecule has 0 saturated carbocycles. The fourth-order valence-electron chi connectivity index (χ4n) is 2.70. The van der Waals surface area contributed by atoms with Crippen LogP contribution < -0.4 is 0 Å². The maximum atomic E-state index is 10.4. The Morgan fingerprint density at radius 3 is 2.89 bits per heavy atom. The average Bonchev–Trinajstić information content (AvgIpc) is 2.48. The number of benzene rings is 1. The normalized spacial score (nSPS) is 18.6. The molecule has 1 aromatic heterocycles. The third-order valence-corrected chi connectivity index (χ3v) is 4.94. The van der Waals surface area contributed by atoms with Crippen LogP contribution in [0.1, 0.15) is 30.9 Å². The topological polar surface area (TPSA) is 33.1 Å². The van der Waals surface area contributed by atoms with Crippen LogP contribution in [0.4, 0.5) is 0 Å². The quantitative estimate of drug-likeness (QED) is 0.923. The molecule has 3 heteroatoms. The van der Waals surface area contributed by atoms with Crippen molar-refractivity contribution in [3.05, 3.63) is 42.1 Å². The van der Waals surface area contributed by atoms with E-state index in [0.29, 0.717) is 5.92 Å². The van der Waals surface area contributed by atoms with Gasteiger partial charge in [0, 0.05) is 11.6 Å². The van der Waals surface area contributed by atoms with Gasteiger partial charge in [0.05, 0.1) is 11.6 Å². The smallest absolute Gasteiger partial charge is 0.0807 e. The summed E-state index contributed by atoms with van der Waals surface area (Å²) in [6.07, 6.45) is 4.81. The van der Waals surface area contributed by atoms with Gasteiger partial charge in [-0.15, -0.1) is 0 Å². The molecule has 19 heavy (non-hydrogen) atoms. The molecule has 100 valence electrons. The van der Waals surface area contributed by atoms with Crippen LogP contribution in [0.5, 0.6) is 0 Å². The number of nitrogens with zero attached hydrogens (tertiary/aromatic N) is 1. The number of aromatic nitrogens is 1. The first-order valence-electron chi connectivity index (χ1n) is 6.93. The van der Waals surface area contributed by atoms with Gasteiger partial charge in [0.1, 0.15) is 0 Å². The molecule has 0 aliphatic carbocycles. The van der Waals surface area contributed by atoms with E-state index in [0.717, 1.165) is 22.9 Å². The molecule has 1 aliphatic heterocycles. The SMILES string of the molecule is OC(CC1CCSCC1)c1cnc2ccccc2c1. The Hall–Kier alpha value is -1.06. The van der Waals surface area contributed by atoms with Gasteiger partial charge in [0.2, 0.25) is 0 Å². The van der Waals surface area contributed by atoms with Gasteiger partial charge in [0.25, 0.3) is 0 Å². The predicted octanol–water partition coefficient (Wildman–Crippen LogP) is 3.80. The van der Waals surface area contributed by atoms with Gasteiger partial charge in [-0.2, -0.15) is 11.8 Å². The average molecular weight is 273 g/mol. The van der Waals surface area contributed by atoms with Crippen LogP contribution in [0, 0.1) is 5.92 Å². The predicted molar refractivity (Wildman–Crippen MR) is 81.4 cm³/mol. The third kappa shape index (κ3) is 3.10. The minimum atomic E-state index is -0.370. The first-order valence-corrected chi connectivity index (χ1v) is 8.09. The Labute approximate surface area is 118 Å². The van der Waals surface area contributed by atoms with Crippen molar-refractivity contribution in [3.63, 3.8) is 0 Å². The molecule has 1 saturated heterocycles. The van der Waals surface area contributed by atoms with E-state index in [1.165, 1.54) is 24.3 Å². The first-order chi connectivity index (χ1) is 9.33. The summed E-state index contributed by atoms with van der Waals surface area (Å²) in [5.41, 5.74) is 1.95. The standard InChI is InChI=1S/C16H19NOS/c18-16(9-12-5-7-19-8-6-12)14-10-13-3-1-2-4-15(13)17-11-14/h1-4,10-12,16,18H,5-9H2. The summed E-state index contributed by atoms with van der Waals surface area (Å²) < 4.78 is 0. The minimum absolute atomic E-state index is 0.370. The van der Waals surface area contributed by atoms with E-state index in [1.54, 1.807) is 0 Å². The molecule has 1 aliphatic rings. The Morgan fingerprint density at radius 2 is 2.05 bits per heavy atom. The van der Waals surface area contributed by atoms with Crippen molar-refractivity contribution in [2.24, 2.45) is 5.92 Å². The van der Waals surface area contributed by atoms with Crippen molar-refractivity contribution in [3.8, 4) is 0 Å². The number of hydrogen-bond acceptors (Lipinski definition) is 3. The number of pyridine rings is 1. The maximum absolute atomic E-state index is 10.4. The van der Waals surface area contributed by atoms with Crippen LogP contribution >= 0.6 is 11.8 Å². The van der Waals surface area contributed by atoms with E-state index in [9.17, 15) is 5.11 Å². The lowest BCUT2D eigenvalue weighted by Crippen LogP contribution is -2.13. The molecule has 2 aromatic rings. The molecule has 0 spiro atoms. The molecule has 1 N–H and O–H groups in total. The first kappa shape index (κ1) is 12.9. The number of thioether (sulfide) groups is 1. The van der Waals surface area contributed by atoms with Crippen LogP contribution in [0.3, 0.4) is 0 Å². The van der Waals surface area contributed by atoms with Crippen molar-refractivity contribution >= 4 is 22.7 Å². The van der Waals surface area contributed by atoms with Crippen molar-refractivity contribution < 1.29 is 5.11 Å². The lowest BCUT2D eigenvalue weighted by atomic mass is 9.92. The summed E-state index contributed by atoms with van der Waals surface area (Å²) in [4.78, 5) is 4.43. The molecule has 3 rings (SSSR count). The fourth-order valence-corrected chi connectivity index (χ4v) is 3.91. The van der Waals surface area contributed by atoms with E-state index in [1.807, 2.05) is 36.2 Å². The largest absolute Gasteiger partial charge is 0.388 e. The molecule has 1 fully saturated rings. The summed E-state index contributed by atoms with van der Waals surface area (Å²) in [5, 5.41) is 11.5. The van der Waals surface area contributed by atoms with Crippen LogP contribution in [0.25, 0.3) is 10.9 Å². The van der Waals surface area contributed by atoms with Gasteiger partial charge in [-0.3, -0.25) is 4.98 Å². The molecular formula is C16H19NOS. The monoisotopic (exact) mass is 273 g/mol. The van der Waals surface area contributed by atoms with Crippen LogP contribution in [0.15, 0.2) is 36.5 Å². The number of aliphatic hydroxyl groups excluding tert-OH is 1. The Balaban J connectivity index is 1.75. The number of para-hydroxylation sites is 1. The molecule has 2 nitrogen and oxygen atoms in total. The Bertz CT molecular complexity index is 551. The Morgan fingerprint density at radius 1 is 1.26 bits per heavy atom. The molecule has 2 heterocycles. The summed E-state index contributed by atoms with van der Waals surface area (Å²) in [5.74, 6) is 3.16.